The van der Waals surface area contributed by atoms with Crippen molar-refractivity contribution in [3.63, 3.8) is 0 Å². The lowest BCUT2D eigenvalue weighted by molar-refractivity contribution is 0.0977. The molecule has 0 fully saturated rings. The molecule has 0 aliphatic heterocycles. The highest BCUT2D eigenvalue weighted by molar-refractivity contribution is 9.10. The molecule has 4 heteroatoms. The first kappa shape index (κ1) is 18.0. The van der Waals surface area contributed by atoms with Crippen LogP contribution in [0.2, 0.25) is 0 Å². The van der Waals surface area contributed by atoms with Gasteiger partial charge < -0.3 is 0 Å². The average Bonchev–Trinajstić information content (AvgIpc) is 2.60. The van der Waals surface area contributed by atoms with E-state index in [2.05, 4.69) is 68.0 Å². The van der Waals surface area contributed by atoms with E-state index in [1.54, 1.807) is 12.4 Å². The standard InChI is InChI=1S/C21H17Br2NO/c1-14-5-2-3-8-19(14)20(15-6-4-7-17(22)9-15)11-21(25)16-10-18(23)13-24-12-16/h2-10,12-13,20H,11H2,1H3. The average molecular weight is 459 g/mol. The molecular formula is C21H17Br2NO. The summed E-state index contributed by atoms with van der Waals surface area (Å²) in [5.41, 5.74) is 4.12. The predicted octanol–water partition coefficient (Wildman–Crippen LogP) is 6.32. The molecule has 0 bridgehead atoms. The first-order valence-electron chi connectivity index (χ1n) is 7.99. The van der Waals surface area contributed by atoms with Crippen LogP contribution >= 0.6 is 31.9 Å². The lowest BCUT2D eigenvalue weighted by Gasteiger charge is -2.20. The Morgan fingerprint density at radius 3 is 2.52 bits per heavy atom. The summed E-state index contributed by atoms with van der Waals surface area (Å²) >= 11 is 6.93. The number of ketones is 1. The van der Waals surface area contributed by atoms with E-state index in [1.165, 1.54) is 11.1 Å². The van der Waals surface area contributed by atoms with Crippen molar-refractivity contribution in [2.75, 3.05) is 0 Å². The van der Waals surface area contributed by atoms with Gasteiger partial charge in [-0.1, -0.05) is 52.3 Å². The summed E-state index contributed by atoms with van der Waals surface area (Å²) in [5.74, 6) is 0.0900. The Hall–Kier alpha value is -1.78. The minimum atomic E-state index is 0.00480. The van der Waals surface area contributed by atoms with Crippen LogP contribution in [0.15, 0.2) is 75.9 Å². The Morgan fingerprint density at radius 2 is 1.80 bits per heavy atom. The normalized spacial score (nSPS) is 12.0. The molecule has 1 aromatic heterocycles. The number of hydrogen-bond acceptors (Lipinski definition) is 2. The molecule has 2 aromatic carbocycles. The molecular weight excluding hydrogens is 442 g/mol. The third-order valence-electron chi connectivity index (χ3n) is 4.23. The highest BCUT2D eigenvalue weighted by Crippen LogP contribution is 2.33. The molecule has 3 rings (SSSR count). The lowest BCUT2D eigenvalue weighted by atomic mass is 9.84. The van der Waals surface area contributed by atoms with Crippen LogP contribution in [0.5, 0.6) is 0 Å². The summed E-state index contributed by atoms with van der Waals surface area (Å²) in [5, 5.41) is 0. The van der Waals surface area contributed by atoms with Crippen LogP contribution in [-0.4, -0.2) is 10.8 Å². The molecule has 0 aliphatic rings. The predicted molar refractivity (Wildman–Crippen MR) is 108 cm³/mol. The van der Waals surface area contributed by atoms with Gasteiger partial charge in [0.15, 0.2) is 5.78 Å². The molecule has 0 aliphatic carbocycles. The van der Waals surface area contributed by atoms with E-state index in [4.69, 9.17) is 0 Å². The van der Waals surface area contributed by atoms with Gasteiger partial charge in [-0.3, -0.25) is 9.78 Å². The molecule has 0 spiro atoms. The lowest BCUT2D eigenvalue weighted by Crippen LogP contribution is -2.11. The molecule has 25 heavy (non-hydrogen) atoms. The van der Waals surface area contributed by atoms with Crippen molar-refractivity contribution < 1.29 is 4.79 Å². The fraction of sp³-hybridized carbons (Fsp3) is 0.143. The summed E-state index contributed by atoms with van der Waals surface area (Å²) in [7, 11) is 0. The molecule has 1 unspecified atom stereocenters. The number of pyridine rings is 1. The molecule has 2 nitrogen and oxygen atoms in total. The number of hydrogen-bond donors (Lipinski definition) is 0. The highest BCUT2D eigenvalue weighted by atomic mass is 79.9. The van der Waals surface area contributed by atoms with E-state index in [-0.39, 0.29) is 11.7 Å². The molecule has 0 N–H and O–H groups in total. The van der Waals surface area contributed by atoms with Gasteiger partial charge in [-0.25, -0.2) is 0 Å². The van der Waals surface area contributed by atoms with Gasteiger partial charge in [0.25, 0.3) is 0 Å². The van der Waals surface area contributed by atoms with Crippen molar-refractivity contribution in [2.45, 2.75) is 19.3 Å². The fourth-order valence-corrected chi connectivity index (χ4v) is 3.76. The van der Waals surface area contributed by atoms with Crippen molar-refractivity contribution in [3.05, 3.63) is 98.2 Å². The van der Waals surface area contributed by atoms with Crippen LogP contribution in [0.25, 0.3) is 0 Å². The van der Waals surface area contributed by atoms with Crippen molar-refractivity contribution >= 4 is 37.6 Å². The second kappa shape index (κ2) is 8.07. The largest absolute Gasteiger partial charge is 0.294 e. The van der Waals surface area contributed by atoms with Gasteiger partial charge in [-0.2, -0.15) is 0 Å². The zero-order valence-electron chi connectivity index (χ0n) is 13.7. The Balaban J connectivity index is 2.00. The van der Waals surface area contributed by atoms with Gasteiger partial charge in [-0.05, 0) is 57.7 Å². The highest BCUT2D eigenvalue weighted by Gasteiger charge is 2.21. The van der Waals surface area contributed by atoms with Crippen molar-refractivity contribution in [1.82, 2.24) is 4.98 Å². The van der Waals surface area contributed by atoms with Gasteiger partial charge in [0.1, 0.15) is 0 Å². The zero-order chi connectivity index (χ0) is 17.8. The van der Waals surface area contributed by atoms with Gasteiger partial charge in [0, 0.05) is 39.2 Å². The van der Waals surface area contributed by atoms with Crippen LogP contribution in [0, 0.1) is 6.92 Å². The molecule has 126 valence electrons. The topological polar surface area (TPSA) is 30.0 Å². The number of Topliss-reactive ketones (excluding diaryl/α,β-unsaturated/α-hetero) is 1. The first-order chi connectivity index (χ1) is 12.0. The second-order valence-electron chi connectivity index (χ2n) is 5.98. The minimum Gasteiger partial charge on any atom is -0.294 e. The number of carbonyl (C=O) groups is 1. The molecule has 0 saturated carbocycles. The Morgan fingerprint density at radius 1 is 1.00 bits per heavy atom. The van der Waals surface area contributed by atoms with Crippen LogP contribution in [0.4, 0.5) is 0 Å². The summed E-state index contributed by atoms with van der Waals surface area (Å²) < 4.78 is 1.83. The molecule has 1 atom stereocenters. The van der Waals surface area contributed by atoms with E-state index in [0.29, 0.717) is 12.0 Å². The van der Waals surface area contributed by atoms with Crippen LogP contribution < -0.4 is 0 Å². The van der Waals surface area contributed by atoms with Crippen molar-refractivity contribution in [2.24, 2.45) is 0 Å². The van der Waals surface area contributed by atoms with Crippen LogP contribution in [0.3, 0.4) is 0 Å². The van der Waals surface area contributed by atoms with Gasteiger partial charge in [-0.15, -0.1) is 0 Å². The first-order valence-corrected chi connectivity index (χ1v) is 9.58. The summed E-state index contributed by atoms with van der Waals surface area (Å²) in [6.07, 6.45) is 3.71. The monoisotopic (exact) mass is 457 g/mol. The minimum absolute atomic E-state index is 0.00480. The SMILES string of the molecule is Cc1ccccc1C(CC(=O)c1cncc(Br)c1)c1cccc(Br)c1. The smallest absolute Gasteiger partial charge is 0.165 e. The number of carbonyl (C=O) groups excluding carboxylic acids is 1. The number of aryl methyl sites for hydroxylation is 1. The van der Waals surface area contributed by atoms with E-state index in [1.807, 2.05) is 30.3 Å². The summed E-state index contributed by atoms with van der Waals surface area (Å²) in [6.45, 7) is 2.09. The van der Waals surface area contributed by atoms with Gasteiger partial charge in [0.2, 0.25) is 0 Å². The number of aromatic nitrogens is 1. The van der Waals surface area contributed by atoms with Crippen molar-refractivity contribution in [3.8, 4) is 0 Å². The zero-order valence-corrected chi connectivity index (χ0v) is 16.9. The van der Waals surface area contributed by atoms with E-state index >= 15 is 0 Å². The van der Waals surface area contributed by atoms with E-state index in [0.717, 1.165) is 14.5 Å². The Kier molecular flexibility index (Phi) is 5.82. The summed E-state index contributed by atoms with van der Waals surface area (Å²) in [4.78, 5) is 17.0. The van der Waals surface area contributed by atoms with Crippen LogP contribution in [-0.2, 0) is 0 Å². The molecule has 0 saturated heterocycles. The van der Waals surface area contributed by atoms with E-state index < -0.39 is 0 Å². The molecule has 1 heterocycles. The Bertz CT molecular complexity index is 908. The van der Waals surface area contributed by atoms with Crippen molar-refractivity contribution in [1.29, 1.82) is 0 Å². The molecule has 0 amide bonds. The molecule has 3 aromatic rings. The third-order valence-corrected chi connectivity index (χ3v) is 5.16. The van der Waals surface area contributed by atoms with Gasteiger partial charge >= 0.3 is 0 Å². The maximum absolute atomic E-state index is 12.9. The summed E-state index contributed by atoms with van der Waals surface area (Å²) in [6, 6.07) is 18.2. The Labute approximate surface area is 164 Å². The van der Waals surface area contributed by atoms with E-state index in [9.17, 15) is 4.79 Å². The second-order valence-corrected chi connectivity index (χ2v) is 7.81. The number of nitrogens with zero attached hydrogens (tertiary/aromatic N) is 1. The molecule has 0 radical (unpaired) electrons. The van der Waals surface area contributed by atoms with Gasteiger partial charge in [0.05, 0.1) is 0 Å². The number of rotatable bonds is 5. The number of halogens is 2. The van der Waals surface area contributed by atoms with Crippen LogP contribution in [0.1, 0.15) is 39.4 Å². The maximum Gasteiger partial charge on any atom is 0.165 e. The number of benzene rings is 2. The fourth-order valence-electron chi connectivity index (χ4n) is 2.98. The maximum atomic E-state index is 12.9. The third kappa shape index (κ3) is 4.44. The quantitative estimate of drug-likeness (QED) is 0.418.